The number of ether oxygens (including phenoxy) is 1. The van der Waals surface area contributed by atoms with Crippen LogP contribution in [0.3, 0.4) is 0 Å². The number of nitrogens with one attached hydrogen (secondary N) is 2. The first-order valence-corrected chi connectivity index (χ1v) is 13.6. The molecule has 4 amide bonds. The van der Waals surface area contributed by atoms with E-state index in [-0.39, 0.29) is 30.9 Å². The first-order valence-electron chi connectivity index (χ1n) is 12.1. The Kier molecular flexibility index (Phi) is 6.88. The number of sulfonamides is 1. The summed E-state index contributed by atoms with van der Waals surface area (Å²) in [6.07, 6.45) is 8.43. The summed E-state index contributed by atoms with van der Waals surface area (Å²) in [7, 11) is -2.07. The molecule has 1 aromatic heterocycles. The van der Waals surface area contributed by atoms with E-state index in [1.165, 1.54) is 22.8 Å². The second-order valence-electron chi connectivity index (χ2n) is 10.8. The van der Waals surface area contributed by atoms with Crippen molar-refractivity contribution in [1.29, 1.82) is 0 Å². The van der Waals surface area contributed by atoms with E-state index in [9.17, 15) is 22.8 Å². The normalized spacial score (nSPS) is 21.1. The number of carbonyl (C=O) groups is 3. The molecule has 4 rings (SSSR count). The Balaban J connectivity index is 1.62. The van der Waals surface area contributed by atoms with E-state index < -0.39 is 44.4 Å². The van der Waals surface area contributed by atoms with Crippen molar-refractivity contribution in [2.75, 3.05) is 13.1 Å². The lowest BCUT2D eigenvalue weighted by Gasteiger charge is -2.26. The number of nitrogens with zero attached hydrogens (tertiary/aromatic N) is 4. The lowest BCUT2D eigenvalue weighted by atomic mass is 9.99. The summed E-state index contributed by atoms with van der Waals surface area (Å²) in [6, 6.07) is -0.582. The van der Waals surface area contributed by atoms with Crippen molar-refractivity contribution in [3.63, 3.8) is 0 Å². The summed E-state index contributed by atoms with van der Waals surface area (Å²) >= 11 is 0. The first-order chi connectivity index (χ1) is 17.2. The number of aryl methyl sites for hydroxylation is 1. The number of aromatic nitrogens is 2. The SMILES string of the molecule is Cn1cc(CN2C(=O)C3=CC(S(=O)(=O)NC4(C)CC4)C=CC3=[N+](CCNC(=O)OC(C)(C)C)C2=O)cn1. The monoisotopic (exact) mass is 533 g/mol. The molecule has 200 valence electrons. The summed E-state index contributed by atoms with van der Waals surface area (Å²) in [4.78, 5) is 40.0. The molecule has 1 fully saturated rings. The molecule has 0 saturated heterocycles. The molecule has 2 heterocycles. The zero-order valence-corrected chi connectivity index (χ0v) is 22.5. The van der Waals surface area contributed by atoms with Gasteiger partial charge in [0.1, 0.15) is 35.2 Å². The number of hydrogen-bond acceptors (Lipinski definition) is 7. The maximum Gasteiger partial charge on any atom is 0.501 e. The van der Waals surface area contributed by atoms with Crippen molar-refractivity contribution in [2.24, 2.45) is 7.05 Å². The Bertz CT molecular complexity index is 1330. The van der Waals surface area contributed by atoms with Crippen LogP contribution in [0.1, 0.15) is 46.1 Å². The molecule has 1 aromatic rings. The molecule has 3 aliphatic rings. The van der Waals surface area contributed by atoms with Crippen LogP contribution in [-0.4, -0.2) is 80.9 Å². The van der Waals surface area contributed by atoms with Gasteiger partial charge >= 0.3 is 18.0 Å². The maximum absolute atomic E-state index is 13.5. The second-order valence-corrected chi connectivity index (χ2v) is 12.6. The number of rotatable bonds is 8. The highest BCUT2D eigenvalue weighted by molar-refractivity contribution is 7.90. The van der Waals surface area contributed by atoms with Gasteiger partial charge < -0.3 is 10.1 Å². The van der Waals surface area contributed by atoms with Crippen molar-refractivity contribution in [3.05, 3.63) is 41.8 Å². The number of hydrogen-bond donors (Lipinski definition) is 2. The highest BCUT2D eigenvalue weighted by Crippen LogP contribution is 2.36. The van der Waals surface area contributed by atoms with Crippen LogP contribution in [0.2, 0.25) is 0 Å². The zero-order valence-electron chi connectivity index (χ0n) is 21.6. The number of amides is 4. The third-order valence-electron chi connectivity index (χ3n) is 6.13. The van der Waals surface area contributed by atoms with Crippen LogP contribution in [0, 0.1) is 0 Å². The second kappa shape index (κ2) is 9.53. The summed E-state index contributed by atoms with van der Waals surface area (Å²) < 4.78 is 36.9. The molecule has 1 atom stereocenters. The minimum atomic E-state index is -3.79. The zero-order chi connectivity index (χ0) is 27.2. The Morgan fingerprint density at radius 2 is 2.00 bits per heavy atom. The molecule has 0 radical (unpaired) electrons. The van der Waals surface area contributed by atoms with Gasteiger partial charge in [-0.2, -0.15) is 19.4 Å². The van der Waals surface area contributed by atoms with E-state index >= 15 is 0 Å². The lowest BCUT2D eigenvalue weighted by molar-refractivity contribution is -0.434. The highest BCUT2D eigenvalue weighted by Gasteiger charge is 2.47. The van der Waals surface area contributed by atoms with E-state index in [1.807, 2.05) is 6.92 Å². The fraction of sp³-hybridized carbons (Fsp3) is 0.542. The Morgan fingerprint density at radius 3 is 2.59 bits per heavy atom. The summed E-state index contributed by atoms with van der Waals surface area (Å²) in [6.45, 7) is 7.12. The van der Waals surface area contributed by atoms with E-state index in [0.717, 1.165) is 17.7 Å². The van der Waals surface area contributed by atoms with Gasteiger partial charge in [0.15, 0.2) is 0 Å². The number of urea groups is 1. The minimum Gasteiger partial charge on any atom is -0.444 e. The van der Waals surface area contributed by atoms with Crippen molar-refractivity contribution in [1.82, 2.24) is 24.7 Å². The smallest absolute Gasteiger partial charge is 0.444 e. The number of imide groups is 1. The predicted molar refractivity (Wildman–Crippen MR) is 134 cm³/mol. The number of alkyl carbamates (subject to hydrolysis) is 1. The van der Waals surface area contributed by atoms with Crippen LogP contribution < -0.4 is 10.0 Å². The van der Waals surface area contributed by atoms with Crippen molar-refractivity contribution >= 4 is 33.8 Å². The van der Waals surface area contributed by atoms with Gasteiger partial charge in [0.25, 0.3) is 0 Å². The number of allylic oxidation sites excluding steroid dienone is 1. The minimum absolute atomic E-state index is 0.0381. The van der Waals surface area contributed by atoms with Crippen LogP contribution in [0.5, 0.6) is 0 Å². The average molecular weight is 534 g/mol. The van der Waals surface area contributed by atoms with E-state index in [1.54, 1.807) is 44.9 Å². The molecule has 1 saturated carbocycles. The van der Waals surface area contributed by atoms with E-state index in [2.05, 4.69) is 15.1 Å². The van der Waals surface area contributed by atoms with Gasteiger partial charge in [-0.25, -0.2) is 22.7 Å². The molecule has 1 unspecified atom stereocenters. The topological polar surface area (TPSA) is 143 Å². The van der Waals surface area contributed by atoms with Crippen molar-refractivity contribution in [3.8, 4) is 0 Å². The van der Waals surface area contributed by atoms with Crippen LogP contribution >= 0.6 is 0 Å². The van der Waals surface area contributed by atoms with Crippen molar-refractivity contribution in [2.45, 2.75) is 63.5 Å². The lowest BCUT2D eigenvalue weighted by Crippen LogP contribution is -2.53. The van der Waals surface area contributed by atoms with Crippen LogP contribution in [0.25, 0.3) is 0 Å². The van der Waals surface area contributed by atoms with Gasteiger partial charge in [-0.3, -0.25) is 4.68 Å². The van der Waals surface area contributed by atoms with Gasteiger partial charge in [0, 0.05) is 24.3 Å². The highest BCUT2D eigenvalue weighted by atomic mass is 32.2. The number of carbonyl (C=O) groups excluding carboxylic acids is 3. The maximum atomic E-state index is 13.5. The van der Waals surface area contributed by atoms with Gasteiger partial charge in [-0.15, -0.1) is 0 Å². The predicted octanol–water partition coefficient (Wildman–Crippen LogP) is 1.20. The first kappa shape index (κ1) is 26.7. The molecule has 13 heteroatoms. The third-order valence-corrected chi connectivity index (χ3v) is 7.92. The van der Waals surface area contributed by atoms with Gasteiger partial charge in [0.2, 0.25) is 10.0 Å². The number of fused-ring (bicyclic) bond motifs is 1. The fourth-order valence-electron chi connectivity index (χ4n) is 4.05. The molecule has 0 bridgehead atoms. The molecule has 2 aliphatic carbocycles. The summed E-state index contributed by atoms with van der Waals surface area (Å²) in [5.41, 5.74) is -0.111. The molecule has 37 heavy (non-hydrogen) atoms. The molecule has 0 aromatic carbocycles. The van der Waals surface area contributed by atoms with Gasteiger partial charge in [-0.1, -0.05) is 6.08 Å². The summed E-state index contributed by atoms with van der Waals surface area (Å²) in [5.74, 6) is -0.595. The Hall–Kier alpha value is -3.32. The van der Waals surface area contributed by atoms with Gasteiger partial charge in [0.05, 0.1) is 12.7 Å². The molecule has 12 nitrogen and oxygen atoms in total. The van der Waals surface area contributed by atoms with Crippen LogP contribution in [-0.2, 0) is 33.1 Å². The summed E-state index contributed by atoms with van der Waals surface area (Å²) in [5, 5.41) is 5.63. The molecule has 1 aliphatic heterocycles. The van der Waals surface area contributed by atoms with Crippen LogP contribution in [0.15, 0.2) is 36.2 Å². The van der Waals surface area contributed by atoms with Crippen molar-refractivity contribution < 1.29 is 32.1 Å². The molecular weight excluding hydrogens is 500 g/mol. The fourth-order valence-corrected chi connectivity index (χ4v) is 5.68. The molecular formula is C24H33N6O6S+. The third kappa shape index (κ3) is 6.16. The largest absolute Gasteiger partial charge is 0.501 e. The average Bonchev–Trinajstić information content (AvgIpc) is 3.35. The molecule has 2 N–H and O–H groups in total. The Labute approximate surface area is 216 Å². The van der Waals surface area contributed by atoms with Gasteiger partial charge in [-0.05, 0) is 52.7 Å². The van der Waals surface area contributed by atoms with E-state index in [0.29, 0.717) is 5.56 Å². The van der Waals surface area contributed by atoms with Crippen LogP contribution in [0.4, 0.5) is 9.59 Å². The standard InChI is InChI=1S/C24H32N6O6S/c1-23(2,3)36-21(32)25-10-11-29-19-7-6-17(37(34,35)27-24(4)8-9-24)12-18(19)20(31)30(22(29)33)15-16-13-26-28(5)14-16/h6-7,12-14,17,27H,8-11,15H2,1-5H3/p+1. The molecule has 0 spiro atoms. The quantitative estimate of drug-likeness (QED) is 0.478. The van der Waals surface area contributed by atoms with E-state index in [4.69, 9.17) is 4.74 Å². The Morgan fingerprint density at radius 1 is 1.30 bits per heavy atom.